The number of halogens is 3. The van der Waals surface area contributed by atoms with Crippen LogP contribution in [0, 0.1) is 23.4 Å². The molecule has 61 heavy (non-hydrogen) atoms. The molecule has 6 aromatic rings. The van der Waals surface area contributed by atoms with Gasteiger partial charge in [0.05, 0.1) is 33.8 Å². The van der Waals surface area contributed by atoms with Gasteiger partial charge in [0.25, 0.3) is 5.91 Å². The van der Waals surface area contributed by atoms with E-state index in [2.05, 4.69) is 15.5 Å². The Balaban J connectivity index is 0.776. The largest absolute Gasteiger partial charge is 0.503 e. The van der Waals surface area contributed by atoms with Gasteiger partial charge in [0.1, 0.15) is 6.04 Å². The van der Waals surface area contributed by atoms with Crippen molar-refractivity contribution in [1.29, 1.82) is 0 Å². The highest BCUT2D eigenvalue weighted by Crippen LogP contribution is 2.34. The lowest BCUT2D eigenvalue weighted by Gasteiger charge is -2.28. The lowest BCUT2D eigenvalue weighted by Crippen LogP contribution is -2.44. The van der Waals surface area contributed by atoms with Crippen molar-refractivity contribution in [2.24, 2.45) is 13.0 Å². The zero-order valence-electron chi connectivity index (χ0n) is 33.5. The molecule has 1 aliphatic carbocycles. The molecule has 14 nitrogen and oxygen atoms in total. The number of imide groups is 1. The lowest BCUT2D eigenvalue weighted by atomic mass is 9.86. The topological polar surface area (TPSA) is 169 Å². The van der Waals surface area contributed by atoms with Crippen LogP contribution in [0.15, 0.2) is 59.7 Å². The van der Waals surface area contributed by atoms with E-state index in [0.29, 0.717) is 23.8 Å². The van der Waals surface area contributed by atoms with Crippen LogP contribution in [0.5, 0.6) is 5.75 Å². The minimum atomic E-state index is -1.79. The minimum absolute atomic E-state index is 0.106. The van der Waals surface area contributed by atoms with Crippen LogP contribution >= 0.6 is 0 Å². The number of nitrogens with zero attached hydrogens (tertiary/aromatic N) is 7. The summed E-state index contributed by atoms with van der Waals surface area (Å²) in [5.41, 5.74) is 5.36. The van der Waals surface area contributed by atoms with Gasteiger partial charge in [-0.3, -0.25) is 38.4 Å². The number of carbonyl (C=O) groups excluding carboxylic acids is 3. The van der Waals surface area contributed by atoms with E-state index in [0.717, 1.165) is 103 Å². The molecule has 0 bridgehead atoms. The summed E-state index contributed by atoms with van der Waals surface area (Å²) in [6.07, 6.45) is 10.2. The van der Waals surface area contributed by atoms with E-state index in [1.54, 1.807) is 11.6 Å². The number of aryl methyl sites for hydroxylation is 2. The summed E-state index contributed by atoms with van der Waals surface area (Å²) in [5, 5.41) is 20.1. The van der Waals surface area contributed by atoms with E-state index in [9.17, 15) is 37.5 Å². The number of hydrogen-bond acceptors (Lipinski definition) is 9. The fraction of sp³-hybridized carbons (Fsp3) is 0.386. The number of piperidine rings is 1. The highest BCUT2D eigenvalue weighted by Gasteiger charge is 2.32. The van der Waals surface area contributed by atoms with Gasteiger partial charge in [-0.15, -0.1) is 0 Å². The van der Waals surface area contributed by atoms with Crippen LogP contribution in [0.3, 0.4) is 0 Å². The summed E-state index contributed by atoms with van der Waals surface area (Å²) < 4.78 is 46.7. The Morgan fingerprint density at radius 2 is 1.79 bits per heavy atom. The zero-order valence-corrected chi connectivity index (χ0v) is 33.5. The number of fused-ring (bicyclic) bond motifs is 3. The molecule has 1 atom stereocenters. The fourth-order valence-electron chi connectivity index (χ4n) is 9.06. The van der Waals surface area contributed by atoms with Crippen molar-refractivity contribution in [2.45, 2.75) is 76.4 Å². The Labute approximate surface area is 347 Å². The second kappa shape index (κ2) is 16.2. The molecule has 2 fully saturated rings. The van der Waals surface area contributed by atoms with Crippen LogP contribution in [0.1, 0.15) is 84.2 Å². The summed E-state index contributed by atoms with van der Waals surface area (Å²) in [4.78, 5) is 62.0. The van der Waals surface area contributed by atoms with Crippen LogP contribution in [0.25, 0.3) is 33.3 Å². The molecule has 1 saturated heterocycles. The van der Waals surface area contributed by atoms with E-state index < -0.39 is 46.6 Å². The third-order valence-electron chi connectivity index (χ3n) is 12.5. The number of rotatable bonds is 10. The molecule has 3 aromatic carbocycles. The van der Waals surface area contributed by atoms with Gasteiger partial charge in [-0.2, -0.15) is 9.49 Å². The van der Waals surface area contributed by atoms with Crippen molar-refractivity contribution >= 4 is 39.7 Å². The van der Waals surface area contributed by atoms with E-state index >= 15 is 0 Å². The number of phenols is 1. The number of nitrogens with one attached hydrogen (secondary N) is 2. The van der Waals surface area contributed by atoms with E-state index in [1.165, 1.54) is 4.57 Å². The Morgan fingerprint density at radius 3 is 2.59 bits per heavy atom. The number of hydrogen-bond donors (Lipinski definition) is 3. The Kier molecular flexibility index (Phi) is 10.7. The number of aromatic hydroxyl groups is 1. The highest BCUT2D eigenvalue weighted by molar-refractivity contribution is 6.00. The number of aromatic nitrogens is 6. The molecule has 5 heterocycles. The van der Waals surface area contributed by atoms with Gasteiger partial charge >= 0.3 is 5.69 Å². The van der Waals surface area contributed by atoms with Gasteiger partial charge in [0, 0.05) is 68.4 Å². The fourth-order valence-corrected chi connectivity index (χ4v) is 9.06. The van der Waals surface area contributed by atoms with Crippen molar-refractivity contribution in [2.75, 3.05) is 19.6 Å². The molecule has 3 aliphatic rings. The standard InChI is InChI=1S/C44H44F3N9O5/c1-53-36-17-24(6-11-34(36)56(44(53)61)35-12-13-37(57)51-43(35)60)3-2-15-54-16-14-32-28(22-54)21-48-41(50-32)26-7-8-27-23-55(52-33(27)18-26)29-9-4-25(5-10-29)20-49-42(59)30-19-31(45)40(58)39(47)38(30)46/h6-8,11,17-19,21,23,25,29,35,58H,2-5,9-10,12-16,20,22H2,1H3,(H,49,59)(H,51,57,60)/t25-,29-,35?. The summed E-state index contributed by atoms with van der Waals surface area (Å²) in [6.45, 7) is 2.75. The Bertz CT molecular complexity index is 2790. The second-order valence-electron chi connectivity index (χ2n) is 16.4. The molecule has 0 spiro atoms. The van der Waals surface area contributed by atoms with Crippen LogP contribution in [-0.4, -0.2) is 76.2 Å². The predicted molar refractivity (Wildman–Crippen MR) is 218 cm³/mol. The molecule has 3 aromatic heterocycles. The number of carbonyl (C=O) groups is 3. The number of amides is 3. The molecular formula is C44H44F3N9O5. The number of imidazole rings is 1. The van der Waals surface area contributed by atoms with Gasteiger partial charge in [-0.05, 0) is 87.2 Å². The van der Waals surface area contributed by atoms with E-state index in [4.69, 9.17) is 15.1 Å². The van der Waals surface area contributed by atoms with Gasteiger partial charge in [-0.25, -0.2) is 23.5 Å². The van der Waals surface area contributed by atoms with Crippen LogP contribution < -0.4 is 16.3 Å². The molecule has 3 amide bonds. The SMILES string of the molecule is Cn1c(=O)n(C2CCC(=O)NC2=O)c2ccc(CCCN3CCc4nc(-c5ccc6cn([C@H]7CC[C@H](CNC(=O)c8cc(F)c(O)c(F)c8F)CC7)nc6c5)ncc4C3)cc21. The molecule has 0 radical (unpaired) electrons. The Hall–Kier alpha value is -6.36. The first-order valence-corrected chi connectivity index (χ1v) is 20.7. The van der Waals surface area contributed by atoms with Crippen LogP contribution in [-0.2, 0) is 36.0 Å². The molecule has 1 unspecified atom stereocenters. The van der Waals surface area contributed by atoms with Gasteiger partial charge < -0.3 is 10.4 Å². The summed E-state index contributed by atoms with van der Waals surface area (Å²) in [7, 11) is 1.71. The van der Waals surface area contributed by atoms with Crippen LogP contribution in [0.4, 0.5) is 13.2 Å². The monoisotopic (exact) mass is 835 g/mol. The highest BCUT2D eigenvalue weighted by atomic mass is 19.2. The molecule has 17 heteroatoms. The van der Waals surface area contributed by atoms with E-state index in [1.807, 2.05) is 53.5 Å². The zero-order chi connectivity index (χ0) is 42.5. The van der Waals surface area contributed by atoms with Crippen molar-refractivity contribution in [3.8, 4) is 17.1 Å². The summed E-state index contributed by atoms with van der Waals surface area (Å²) in [6, 6.07) is 11.9. The maximum Gasteiger partial charge on any atom is 0.329 e. The van der Waals surface area contributed by atoms with Crippen molar-refractivity contribution in [3.05, 3.63) is 105 Å². The average molecular weight is 836 g/mol. The van der Waals surface area contributed by atoms with Gasteiger partial charge in [0.15, 0.2) is 23.2 Å². The first-order valence-electron chi connectivity index (χ1n) is 20.7. The minimum Gasteiger partial charge on any atom is -0.503 e. The Morgan fingerprint density at radius 1 is 0.967 bits per heavy atom. The summed E-state index contributed by atoms with van der Waals surface area (Å²) >= 11 is 0. The molecule has 9 rings (SSSR count). The third kappa shape index (κ3) is 7.77. The van der Waals surface area contributed by atoms with Crippen molar-refractivity contribution in [3.63, 3.8) is 0 Å². The third-order valence-corrected chi connectivity index (χ3v) is 12.5. The predicted octanol–water partition coefficient (Wildman–Crippen LogP) is 5.40. The average Bonchev–Trinajstić information content (AvgIpc) is 3.80. The molecule has 316 valence electrons. The first kappa shape index (κ1) is 40.1. The van der Waals surface area contributed by atoms with Gasteiger partial charge in [-0.1, -0.05) is 18.2 Å². The summed E-state index contributed by atoms with van der Waals surface area (Å²) in [5.74, 6) is -7.16. The quantitative estimate of drug-likeness (QED) is 0.121. The molecule has 2 aliphatic heterocycles. The number of benzene rings is 3. The van der Waals surface area contributed by atoms with E-state index in [-0.39, 0.29) is 36.5 Å². The lowest BCUT2D eigenvalue weighted by molar-refractivity contribution is -0.135. The molecule has 3 N–H and O–H groups in total. The smallest absolute Gasteiger partial charge is 0.329 e. The number of phenolic OH excluding ortho intramolecular Hbond substituents is 1. The van der Waals surface area contributed by atoms with Crippen LogP contribution in [0.2, 0.25) is 0 Å². The maximum absolute atomic E-state index is 14.2. The molecule has 1 saturated carbocycles. The normalized spacial score (nSPS) is 19.6. The maximum atomic E-state index is 14.2. The van der Waals surface area contributed by atoms with Gasteiger partial charge in [0.2, 0.25) is 17.6 Å². The van der Waals surface area contributed by atoms with Crippen molar-refractivity contribution < 1.29 is 32.7 Å². The first-order chi connectivity index (χ1) is 29.4. The second-order valence-corrected chi connectivity index (χ2v) is 16.4. The van der Waals surface area contributed by atoms with Crippen molar-refractivity contribution in [1.82, 2.24) is 44.4 Å². The molecular weight excluding hydrogens is 792 g/mol.